The van der Waals surface area contributed by atoms with Gasteiger partial charge in [0.2, 0.25) is 5.91 Å². The number of hydrogen-bond donors (Lipinski definition) is 2. The highest BCUT2D eigenvalue weighted by Gasteiger charge is 2.31. The van der Waals surface area contributed by atoms with E-state index < -0.39 is 0 Å². The number of carbonyl (C=O) groups is 1. The first-order valence-corrected chi connectivity index (χ1v) is 7.44. The Kier molecular flexibility index (Phi) is 3.12. The first-order valence-electron chi connectivity index (χ1n) is 7.44. The minimum atomic E-state index is -0.157. The van der Waals surface area contributed by atoms with Gasteiger partial charge < -0.3 is 10.4 Å². The maximum atomic E-state index is 12.2. The Bertz CT molecular complexity index is 871. The number of amides is 1. The summed E-state index contributed by atoms with van der Waals surface area (Å²) in [6, 6.07) is 16.8. The van der Waals surface area contributed by atoms with E-state index in [1.54, 1.807) is 24.5 Å². The van der Waals surface area contributed by atoms with Crippen molar-refractivity contribution in [2.24, 2.45) is 0 Å². The predicted octanol–water partition coefficient (Wildman–Crippen LogP) is 3.05. The van der Waals surface area contributed by atoms with E-state index in [2.05, 4.69) is 10.3 Å². The third-order valence-electron chi connectivity index (χ3n) is 4.08. The van der Waals surface area contributed by atoms with Crippen LogP contribution in [0.3, 0.4) is 0 Å². The Morgan fingerprint density at radius 1 is 1.13 bits per heavy atom. The Labute approximate surface area is 133 Å². The minimum Gasteiger partial charge on any atom is -0.508 e. The highest BCUT2D eigenvalue weighted by molar-refractivity contribution is 5.94. The van der Waals surface area contributed by atoms with E-state index in [-0.39, 0.29) is 17.6 Å². The number of fused-ring (bicyclic) bond motifs is 1. The van der Waals surface area contributed by atoms with E-state index in [4.69, 9.17) is 0 Å². The third-order valence-corrected chi connectivity index (χ3v) is 4.08. The van der Waals surface area contributed by atoms with Gasteiger partial charge in [0.05, 0.1) is 5.69 Å². The largest absolute Gasteiger partial charge is 0.508 e. The number of aromatic nitrogens is 2. The molecular formula is C18H15N3O2. The van der Waals surface area contributed by atoms with E-state index in [1.807, 2.05) is 41.0 Å². The Hall–Kier alpha value is -3.08. The fraction of sp³-hybridized carbons (Fsp3) is 0.111. The Balaban J connectivity index is 1.83. The molecule has 2 heterocycles. The molecule has 2 N–H and O–H groups in total. The van der Waals surface area contributed by atoms with Crippen molar-refractivity contribution in [3.05, 3.63) is 72.2 Å². The van der Waals surface area contributed by atoms with Crippen molar-refractivity contribution >= 4 is 11.7 Å². The fourth-order valence-electron chi connectivity index (χ4n) is 3.01. The number of para-hydroxylation sites is 1. The molecule has 0 saturated heterocycles. The van der Waals surface area contributed by atoms with E-state index in [1.165, 1.54) is 0 Å². The molecule has 1 amide bonds. The first-order chi connectivity index (χ1) is 11.2. The number of aromatic hydroxyl groups is 1. The quantitative estimate of drug-likeness (QED) is 0.764. The zero-order valence-electron chi connectivity index (χ0n) is 12.3. The number of nitrogens with zero attached hydrogens (tertiary/aromatic N) is 2. The van der Waals surface area contributed by atoms with Crippen LogP contribution in [0, 0.1) is 0 Å². The summed E-state index contributed by atoms with van der Waals surface area (Å²) in [5, 5.41) is 12.6. The molecule has 0 saturated carbocycles. The lowest BCUT2D eigenvalue weighted by Crippen LogP contribution is -2.24. The molecule has 0 spiro atoms. The molecule has 5 nitrogen and oxygen atoms in total. The van der Waals surface area contributed by atoms with E-state index in [0.717, 1.165) is 16.9 Å². The molecule has 0 bridgehead atoms. The summed E-state index contributed by atoms with van der Waals surface area (Å²) < 4.78 is 1.88. The van der Waals surface area contributed by atoms with Crippen LogP contribution in [0.1, 0.15) is 23.6 Å². The molecule has 114 valence electrons. The van der Waals surface area contributed by atoms with Gasteiger partial charge in [-0.1, -0.05) is 30.3 Å². The molecule has 3 aromatic rings. The average Bonchev–Trinajstić information content (AvgIpc) is 2.98. The second-order valence-electron chi connectivity index (χ2n) is 5.58. The van der Waals surface area contributed by atoms with Crippen LogP contribution in [0.15, 0.2) is 60.9 Å². The van der Waals surface area contributed by atoms with Crippen LogP contribution >= 0.6 is 0 Å². The van der Waals surface area contributed by atoms with E-state index in [0.29, 0.717) is 12.2 Å². The number of benzene rings is 2. The molecule has 4 rings (SSSR count). The third kappa shape index (κ3) is 2.36. The van der Waals surface area contributed by atoms with Gasteiger partial charge in [0, 0.05) is 18.0 Å². The number of carbonyl (C=O) groups excluding carboxylic acids is 1. The smallest absolute Gasteiger partial charge is 0.226 e. The van der Waals surface area contributed by atoms with Gasteiger partial charge in [0.15, 0.2) is 0 Å². The van der Waals surface area contributed by atoms with Gasteiger partial charge in [-0.15, -0.1) is 0 Å². The highest BCUT2D eigenvalue weighted by Crippen LogP contribution is 2.37. The van der Waals surface area contributed by atoms with Gasteiger partial charge in [-0.2, -0.15) is 0 Å². The van der Waals surface area contributed by atoms with Gasteiger partial charge >= 0.3 is 0 Å². The summed E-state index contributed by atoms with van der Waals surface area (Å²) in [7, 11) is 0. The average molecular weight is 305 g/mol. The molecule has 1 aliphatic heterocycles. The number of hydrogen-bond acceptors (Lipinski definition) is 3. The van der Waals surface area contributed by atoms with Crippen LogP contribution in [0.25, 0.3) is 5.69 Å². The number of imidazole rings is 1. The summed E-state index contributed by atoms with van der Waals surface area (Å²) in [6.07, 6.45) is 2.05. The molecule has 0 unspecified atom stereocenters. The van der Waals surface area contributed by atoms with Crippen molar-refractivity contribution in [1.82, 2.24) is 9.55 Å². The van der Waals surface area contributed by atoms with Crippen LogP contribution in [0.4, 0.5) is 5.82 Å². The summed E-state index contributed by atoms with van der Waals surface area (Å²) in [4.78, 5) is 16.7. The highest BCUT2D eigenvalue weighted by atomic mass is 16.3. The lowest BCUT2D eigenvalue weighted by molar-refractivity contribution is -0.116. The maximum Gasteiger partial charge on any atom is 0.226 e. The van der Waals surface area contributed by atoms with E-state index >= 15 is 0 Å². The fourth-order valence-corrected chi connectivity index (χ4v) is 3.01. The number of phenols is 1. The van der Waals surface area contributed by atoms with Gasteiger partial charge in [-0.3, -0.25) is 9.36 Å². The summed E-state index contributed by atoms with van der Waals surface area (Å²) in [5.41, 5.74) is 2.65. The van der Waals surface area contributed by atoms with Crippen molar-refractivity contribution in [3.63, 3.8) is 0 Å². The van der Waals surface area contributed by atoms with Crippen molar-refractivity contribution in [1.29, 1.82) is 0 Å². The summed E-state index contributed by atoms with van der Waals surface area (Å²) in [5.74, 6) is 0.678. The number of phenolic OH excluding ortho intramolecular Hbond substituents is 1. The van der Waals surface area contributed by atoms with Crippen LogP contribution in [0.2, 0.25) is 0 Å². The number of nitrogens with one attached hydrogen (secondary N) is 1. The molecule has 23 heavy (non-hydrogen) atoms. The summed E-state index contributed by atoms with van der Waals surface area (Å²) in [6.45, 7) is 0. The second kappa shape index (κ2) is 5.28. The predicted molar refractivity (Wildman–Crippen MR) is 86.8 cm³/mol. The SMILES string of the molecule is O=C1C[C@H](c2cccc(O)c2)c2ncn(-c3ccccc3)c2N1. The molecule has 1 atom stereocenters. The van der Waals surface area contributed by atoms with Crippen LogP contribution in [-0.4, -0.2) is 20.6 Å². The molecule has 2 aromatic carbocycles. The van der Waals surface area contributed by atoms with Gasteiger partial charge in [0.1, 0.15) is 17.9 Å². The molecular weight excluding hydrogens is 290 g/mol. The lowest BCUT2D eigenvalue weighted by atomic mass is 9.90. The van der Waals surface area contributed by atoms with Crippen molar-refractivity contribution in [2.75, 3.05) is 5.32 Å². The first kappa shape index (κ1) is 13.6. The molecule has 0 radical (unpaired) electrons. The number of anilines is 1. The Morgan fingerprint density at radius 3 is 2.74 bits per heavy atom. The zero-order chi connectivity index (χ0) is 15.8. The molecule has 1 aliphatic rings. The lowest BCUT2D eigenvalue weighted by Gasteiger charge is -2.23. The molecule has 1 aromatic heterocycles. The summed E-state index contributed by atoms with van der Waals surface area (Å²) >= 11 is 0. The monoisotopic (exact) mass is 305 g/mol. The molecule has 0 fully saturated rings. The Morgan fingerprint density at radius 2 is 1.96 bits per heavy atom. The van der Waals surface area contributed by atoms with Gasteiger partial charge in [-0.05, 0) is 29.8 Å². The van der Waals surface area contributed by atoms with Crippen LogP contribution in [-0.2, 0) is 4.79 Å². The zero-order valence-corrected chi connectivity index (χ0v) is 12.3. The standard InChI is InChI=1S/C18H15N3O2/c22-14-8-4-5-12(9-14)15-10-16(23)20-18-17(15)19-11-21(18)13-6-2-1-3-7-13/h1-9,11,15,22H,10H2,(H,20,23)/t15-/m1/s1. The van der Waals surface area contributed by atoms with Crippen molar-refractivity contribution in [2.45, 2.75) is 12.3 Å². The van der Waals surface area contributed by atoms with Crippen molar-refractivity contribution in [3.8, 4) is 11.4 Å². The topological polar surface area (TPSA) is 67.1 Å². The minimum absolute atomic E-state index is 0.0523. The number of rotatable bonds is 2. The van der Waals surface area contributed by atoms with Gasteiger partial charge in [0.25, 0.3) is 0 Å². The van der Waals surface area contributed by atoms with Crippen LogP contribution < -0.4 is 5.32 Å². The van der Waals surface area contributed by atoms with Crippen molar-refractivity contribution < 1.29 is 9.90 Å². The maximum absolute atomic E-state index is 12.2. The second-order valence-corrected chi connectivity index (χ2v) is 5.58. The van der Waals surface area contributed by atoms with Gasteiger partial charge in [-0.25, -0.2) is 4.98 Å². The van der Waals surface area contributed by atoms with Crippen LogP contribution in [0.5, 0.6) is 5.75 Å². The molecule has 0 aliphatic carbocycles. The van der Waals surface area contributed by atoms with E-state index in [9.17, 15) is 9.90 Å². The normalized spacial score (nSPS) is 16.7. The molecule has 5 heteroatoms.